The Labute approximate surface area is 152 Å². The van der Waals surface area contributed by atoms with E-state index in [0.717, 1.165) is 30.9 Å². The minimum Gasteiger partial charge on any atom is -0.493 e. The first-order valence-electron chi connectivity index (χ1n) is 9.25. The fraction of sp³-hybridized carbons (Fsp3) is 0.550. The zero-order valence-corrected chi connectivity index (χ0v) is 14.7. The molecule has 26 heavy (non-hydrogen) atoms. The average Bonchev–Trinajstić information content (AvgIpc) is 2.97. The van der Waals surface area contributed by atoms with Crippen LogP contribution in [0, 0.1) is 5.92 Å². The third-order valence-corrected chi connectivity index (χ3v) is 6.80. The van der Waals surface area contributed by atoms with Gasteiger partial charge in [0.25, 0.3) is 0 Å². The summed E-state index contributed by atoms with van der Waals surface area (Å²) in [6.45, 7) is 1.39. The number of ether oxygens (including phenoxy) is 2. The van der Waals surface area contributed by atoms with Crippen molar-refractivity contribution in [2.75, 3.05) is 20.2 Å². The first kappa shape index (κ1) is 16.1. The summed E-state index contributed by atoms with van der Waals surface area (Å²) < 4.78 is 11.8. The number of aliphatic carboxylic acids is 1. The van der Waals surface area contributed by atoms with Crippen LogP contribution in [0.5, 0.6) is 11.5 Å². The molecule has 1 aromatic carbocycles. The van der Waals surface area contributed by atoms with Crippen LogP contribution < -0.4 is 9.47 Å². The maximum absolute atomic E-state index is 11.1. The van der Waals surface area contributed by atoms with Gasteiger partial charge < -0.3 is 19.7 Å². The minimum absolute atomic E-state index is 0.156. The van der Waals surface area contributed by atoms with Crippen LogP contribution in [0.1, 0.15) is 24.0 Å². The molecule has 6 heteroatoms. The van der Waals surface area contributed by atoms with Gasteiger partial charge in [-0.15, -0.1) is 0 Å². The van der Waals surface area contributed by atoms with Crippen LogP contribution in [0.4, 0.5) is 0 Å². The second-order valence-corrected chi connectivity index (χ2v) is 7.81. The Morgan fingerprint density at radius 3 is 3.04 bits per heavy atom. The number of methoxy groups -OCH3 is 1. The molecule has 5 rings (SSSR count). The molecular weight excluding hydrogens is 334 g/mol. The molecule has 3 unspecified atom stereocenters. The third kappa shape index (κ3) is 1.91. The van der Waals surface area contributed by atoms with Gasteiger partial charge in [-0.1, -0.05) is 18.2 Å². The summed E-state index contributed by atoms with van der Waals surface area (Å²) in [5.41, 5.74) is 2.21. The van der Waals surface area contributed by atoms with Crippen molar-refractivity contribution in [3.63, 3.8) is 0 Å². The molecule has 5 atom stereocenters. The van der Waals surface area contributed by atoms with E-state index in [9.17, 15) is 9.90 Å². The Morgan fingerprint density at radius 1 is 1.42 bits per heavy atom. The quantitative estimate of drug-likeness (QED) is 0.792. The highest BCUT2D eigenvalue weighted by Gasteiger charge is 2.64. The fourth-order valence-corrected chi connectivity index (χ4v) is 5.80. The summed E-state index contributed by atoms with van der Waals surface area (Å²) in [5, 5.41) is 19.7. The van der Waals surface area contributed by atoms with Gasteiger partial charge in [-0.05, 0) is 31.0 Å². The lowest BCUT2D eigenvalue weighted by Gasteiger charge is -2.57. The van der Waals surface area contributed by atoms with Gasteiger partial charge in [0, 0.05) is 29.5 Å². The molecule has 0 aromatic heterocycles. The Kier molecular flexibility index (Phi) is 3.40. The molecule has 1 spiro atoms. The van der Waals surface area contributed by atoms with Gasteiger partial charge in [0.1, 0.15) is 12.2 Å². The average molecular weight is 357 g/mol. The lowest BCUT2D eigenvalue weighted by Crippen LogP contribution is -2.65. The van der Waals surface area contributed by atoms with Crippen molar-refractivity contribution >= 4 is 5.97 Å². The van der Waals surface area contributed by atoms with E-state index in [1.807, 2.05) is 12.1 Å². The van der Waals surface area contributed by atoms with Gasteiger partial charge >= 0.3 is 5.97 Å². The number of hydrogen-bond donors (Lipinski definition) is 2. The summed E-state index contributed by atoms with van der Waals surface area (Å²) in [5.74, 6) is 0.981. The lowest BCUT2D eigenvalue weighted by molar-refractivity contribution is -0.138. The second-order valence-electron chi connectivity index (χ2n) is 7.81. The highest BCUT2D eigenvalue weighted by molar-refractivity contribution is 5.67. The van der Waals surface area contributed by atoms with Crippen molar-refractivity contribution in [3.05, 3.63) is 35.4 Å². The summed E-state index contributed by atoms with van der Waals surface area (Å²) in [6, 6.07) is 4.30. The van der Waals surface area contributed by atoms with Crippen LogP contribution in [0.15, 0.2) is 24.3 Å². The van der Waals surface area contributed by atoms with Crippen LogP contribution in [0.3, 0.4) is 0 Å². The number of rotatable bonds is 4. The molecule has 2 aliphatic carbocycles. The van der Waals surface area contributed by atoms with E-state index in [0.29, 0.717) is 6.54 Å². The molecule has 0 saturated carbocycles. The van der Waals surface area contributed by atoms with Crippen molar-refractivity contribution in [2.24, 2.45) is 5.92 Å². The van der Waals surface area contributed by atoms with Gasteiger partial charge in [0.2, 0.25) is 0 Å². The molecule has 1 saturated heterocycles. The van der Waals surface area contributed by atoms with Crippen LogP contribution >= 0.6 is 0 Å². The molecule has 138 valence electrons. The molecule has 6 nitrogen and oxygen atoms in total. The highest BCUT2D eigenvalue weighted by atomic mass is 16.5. The maximum Gasteiger partial charge on any atom is 0.304 e. The van der Waals surface area contributed by atoms with E-state index in [1.54, 1.807) is 7.11 Å². The van der Waals surface area contributed by atoms with Crippen LogP contribution in [0.2, 0.25) is 0 Å². The predicted molar refractivity (Wildman–Crippen MR) is 93.7 cm³/mol. The topological polar surface area (TPSA) is 79.2 Å². The Balaban J connectivity index is 1.64. The second kappa shape index (κ2) is 5.47. The Morgan fingerprint density at radius 2 is 2.27 bits per heavy atom. The first-order valence-corrected chi connectivity index (χ1v) is 9.25. The first-order chi connectivity index (χ1) is 12.6. The molecule has 2 N–H and O–H groups in total. The zero-order valence-electron chi connectivity index (χ0n) is 14.7. The standard InChI is InChI=1S/C20H23NO5/c1-25-15-5-2-11-10-13-12-3-4-14(22)19-20(12,17(11)18(15)26-19)7-9-21(13)8-6-16(23)24/h2-5,12-14,19,22H,6-10H2,1H3,(H,23,24)/t12?,13-,14?,19?,20+/m1/s1. The van der Waals surface area contributed by atoms with E-state index in [2.05, 4.69) is 17.0 Å². The number of carboxylic acid groups (broad SMARTS) is 1. The number of aliphatic hydroxyl groups is 1. The molecule has 0 amide bonds. The number of carboxylic acids is 1. The molecule has 1 aromatic rings. The molecule has 1 fully saturated rings. The summed E-state index contributed by atoms with van der Waals surface area (Å²) in [6.07, 6.45) is 4.93. The SMILES string of the molecule is COc1ccc2c3c1OC1C(O)C=CC4[C@@H](C2)N(CCC(=O)O)CC[C@]314. The highest BCUT2D eigenvalue weighted by Crippen LogP contribution is 2.62. The lowest BCUT2D eigenvalue weighted by atomic mass is 9.53. The number of hydrogen-bond acceptors (Lipinski definition) is 5. The van der Waals surface area contributed by atoms with E-state index < -0.39 is 12.1 Å². The summed E-state index contributed by atoms with van der Waals surface area (Å²) in [7, 11) is 1.65. The van der Waals surface area contributed by atoms with E-state index in [4.69, 9.17) is 14.6 Å². The number of nitrogens with zero attached hydrogens (tertiary/aromatic N) is 1. The van der Waals surface area contributed by atoms with Gasteiger partial charge in [0.05, 0.1) is 13.5 Å². The van der Waals surface area contributed by atoms with Crippen LogP contribution in [0.25, 0.3) is 0 Å². The molecular formula is C20H23NO5. The van der Waals surface area contributed by atoms with Crippen LogP contribution in [-0.4, -0.2) is 59.5 Å². The fourth-order valence-electron chi connectivity index (χ4n) is 5.80. The van der Waals surface area contributed by atoms with Gasteiger partial charge in [-0.25, -0.2) is 0 Å². The van der Waals surface area contributed by atoms with Gasteiger partial charge in [-0.3, -0.25) is 9.69 Å². The van der Waals surface area contributed by atoms with Crippen molar-refractivity contribution < 1.29 is 24.5 Å². The number of carbonyl (C=O) groups is 1. The predicted octanol–water partition coefficient (Wildman–Crippen LogP) is 1.35. The van der Waals surface area contributed by atoms with Crippen molar-refractivity contribution in [2.45, 2.75) is 42.9 Å². The van der Waals surface area contributed by atoms with Crippen molar-refractivity contribution in [1.29, 1.82) is 0 Å². The van der Waals surface area contributed by atoms with E-state index in [1.165, 1.54) is 11.1 Å². The van der Waals surface area contributed by atoms with E-state index >= 15 is 0 Å². The monoisotopic (exact) mass is 357 g/mol. The van der Waals surface area contributed by atoms with Crippen molar-refractivity contribution in [1.82, 2.24) is 4.90 Å². The number of likely N-dealkylation sites (tertiary alicyclic amines) is 1. The van der Waals surface area contributed by atoms with Gasteiger partial charge in [-0.2, -0.15) is 0 Å². The Hall–Kier alpha value is -2.05. The molecule has 4 aliphatic rings. The third-order valence-electron chi connectivity index (χ3n) is 6.80. The minimum atomic E-state index is -0.759. The largest absolute Gasteiger partial charge is 0.493 e. The van der Waals surface area contributed by atoms with E-state index in [-0.39, 0.29) is 29.9 Å². The summed E-state index contributed by atoms with van der Waals surface area (Å²) >= 11 is 0. The molecule has 0 radical (unpaired) electrons. The normalized spacial score (nSPS) is 36.4. The Bertz CT molecular complexity index is 806. The molecule has 2 aliphatic heterocycles. The zero-order chi connectivity index (χ0) is 18.1. The number of benzene rings is 1. The van der Waals surface area contributed by atoms with Crippen LogP contribution in [-0.2, 0) is 16.6 Å². The molecule has 2 bridgehead atoms. The van der Waals surface area contributed by atoms with Gasteiger partial charge in [0.15, 0.2) is 11.5 Å². The maximum atomic E-state index is 11.1. The molecule has 2 heterocycles. The number of piperidine rings is 1. The summed E-state index contributed by atoms with van der Waals surface area (Å²) in [4.78, 5) is 13.4. The van der Waals surface area contributed by atoms with Crippen molar-refractivity contribution in [3.8, 4) is 11.5 Å². The number of aliphatic hydroxyl groups excluding tert-OH is 1. The smallest absolute Gasteiger partial charge is 0.304 e.